The fourth-order valence-electron chi connectivity index (χ4n) is 5.88. The number of ether oxygens (including phenoxy) is 1. The summed E-state index contributed by atoms with van der Waals surface area (Å²) in [6, 6.07) is 1.95. The molecule has 2 aliphatic heterocycles. The monoisotopic (exact) mass is 451 g/mol. The minimum absolute atomic E-state index is 0.183. The van der Waals surface area contributed by atoms with Gasteiger partial charge in [0.15, 0.2) is 5.82 Å². The molecule has 0 radical (unpaired) electrons. The van der Waals surface area contributed by atoms with Crippen LogP contribution in [-0.4, -0.2) is 69.9 Å². The van der Waals surface area contributed by atoms with E-state index in [2.05, 4.69) is 26.5 Å². The molecule has 1 amide bonds. The summed E-state index contributed by atoms with van der Waals surface area (Å²) in [5, 5.41) is 11.3. The minimum atomic E-state index is -0.185. The molecule has 4 heterocycles. The lowest BCUT2D eigenvalue weighted by atomic mass is 10.0. The zero-order valence-corrected chi connectivity index (χ0v) is 19.2. The van der Waals surface area contributed by atoms with Gasteiger partial charge in [0.1, 0.15) is 11.9 Å². The van der Waals surface area contributed by atoms with Crippen LogP contribution in [0.2, 0.25) is 0 Å². The summed E-state index contributed by atoms with van der Waals surface area (Å²) in [5.41, 5.74) is 3.52. The number of anilines is 3. The lowest BCUT2D eigenvalue weighted by molar-refractivity contribution is -0.136. The number of morpholine rings is 1. The predicted octanol–water partition coefficient (Wildman–Crippen LogP) is 2.92. The van der Waals surface area contributed by atoms with Gasteiger partial charge in [0, 0.05) is 42.9 Å². The molecule has 0 unspecified atom stereocenters. The van der Waals surface area contributed by atoms with E-state index in [9.17, 15) is 4.79 Å². The Labute approximate surface area is 194 Å². The SMILES string of the molecule is O=C([C@H]1CCCN1c1nc2c(c(Nc3cc(C4CCCC4)[nH]n3)n1)CCC2)N1CCOCC1. The van der Waals surface area contributed by atoms with E-state index in [-0.39, 0.29) is 11.9 Å². The Hall–Kier alpha value is -2.68. The number of fused-ring (bicyclic) bond motifs is 1. The number of aryl methyl sites for hydroxylation is 1. The van der Waals surface area contributed by atoms with Crippen molar-refractivity contribution in [2.24, 2.45) is 0 Å². The van der Waals surface area contributed by atoms with E-state index in [0.29, 0.717) is 38.2 Å². The van der Waals surface area contributed by atoms with Crippen LogP contribution in [0.3, 0.4) is 0 Å². The Morgan fingerprint density at radius 3 is 2.73 bits per heavy atom. The highest BCUT2D eigenvalue weighted by atomic mass is 16.5. The van der Waals surface area contributed by atoms with Crippen molar-refractivity contribution in [1.82, 2.24) is 25.1 Å². The molecule has 33 heavy (non-hydrogen) atoms. The molecule has 2 aromatic rings. The van der Waals surface area contributed by atoms with Gasteiger partial charge in [-0.3, -0.25) is 9.89 Å². The summed E-state index contributed by atoms with van der Waals surface area (Å²) < 4.78 is 5.43. The second-order valence-electron chi connectivity index (χ2n) is 9.76. The first-order valence-corrected chi connectivity index (χ1v) is 12.6. The second-order valence-corrected chi connectivity index (χ2v) is 9.76. The standard InChI is InChI=1S/C24H33N7O2/c32-23(30-11-13-33-14-12-30)20-9-4-10-31(20)24-25-18-8-3-7-17(18)22(27-24)26-21-15-19(28-29-21)16-5-1-2-6-16/h15-16,20H,1-14H2,(H2,25,26,27,28,29)/t20-/m1/s1. The summed E-state index contributed by atoms with van der Waals surface area (Å²) in [7, 11) is 0. The molecular weight excluding hydrogens is 418 g/mol. The number of carbonyl (C=O) groups is 1. The fraction of sp³-hybridized carbons (Fsp3) is 0.667. The average molecular weight is 452 g/mol. The van der Waals surface area contributed by atoms with Gasteiger partial charge in [-0.15, -0.1) is 0 Å². The molecule has 9 heteroatoms. The van der Waals surface area contributed by atoms with Crippen molar-refractivity contribution in [3.05, 3.63) is 23.0 Å². The van der Waals surface area contributed by atoms with Crippen LogP contribution in [0, 0.1) is 0 Å². The molecule has 2 aromatic heterocycles. The van der Waals surface area contributed by atoms with Crippen LogP contribution in [0.1, 0.15) is 67.8 Å². The molecule has 2 saturated heterocycles. The van der Waals surface area contributed by atoms with E-state index in [4.69, 9.17) is 14.7 Å². The molecule has 2 aliphatic carbocycles. The summed E-state index contributed by atoms with van der Waals surface area (Å²) in [6.07, 6.45) is 9.94. The predicted molar refractivity (Wildman–Crippen MR) is 125 cm³/mol. The number of nitrogens with zero attached hydrogens (tertiary/aromatic N) is 5. The summed E-state index contributed by atoms with van der Waals surface area (Å²) >= 11 is 0. The highest BCUT2D eigenvalue weighted by Gasteiger charge is 2.36. The first-order chi connectivity index (χ1) is 16.3. The number of aromatic amines is 1. The Balaban J connectivity index is 1.25. The van der Waals surface area contributed by atoms with Gasteiger partial charge in [-0.2, -0.15) is 10.1 Å². The summed E-state index contributed by atoms with van der Waals surface area (Å²) in [4.78, 5) is 27.2. The van der Waals surface area contributed by atoms with Crippen molar-refractivity contribution < 1.29 is 9.53 Å². The molecule has 6 rings (SSSR count). The molecule has 176 valence electrons. The Morgan fingerprint density at radius 2 is 1.88 bits per heavy atom. The van der Waals surface area contributed by atoms with Crippen LogP contribution in [0.15, 0.2) is 6.07 Å². The third-order valence-corrected chi connectivity index (χ3v) is 7.68. The molecule has 0 spiro atoms. The maximum Gasteiger partial charge on any atom is 0.245 e. The van der Waals surface area contributed by atoms with Crippen LogP contribution >= 0.6 is 0 Å². The topological polar surface area (TPSA) is 99.3 Å². The number of nitrogens with one attached hydrogen (secondary N) is 2. The Bertz CT molecular complexity index is 1010. The maximum atomic E-state index is 13.3. The number of hydrogen-bond acceptors (Lipinski definition) is 7. The van der Waals surface area contributed by atoms with Gasteiger partial charge < -0.3 is 19.9 Å². The van der Waals surface area contributed by atoms with Crippen molar-refractivity contribution in [3.63, 3.8) is 0 Å². The van der Waals surface area contributed by atoms with Gasteiger partial charge >= 0.3 is 0 Å². The van der Waals surface area contributed by atoms with Crippen molar-refractivity contribution in [1.29, 1.82) is 0 Å². The zero-order valence-electron chi connectivity index (χ0n) is 19.2. The highest BCUT2D eigenvalue weighted by Crippen LogP contribution is 2.36. The van der Waals surface area contributed by atoms with E-state index < -0.39 is 0 Å². The molecular formula is C24H33N7O2. The largest absolute Gasteiger partial charge is 0.378 e. The number of rotatable bonds is 5. The molecule has 2 N–H and O–H groups in total. The lowest BCUT2D eigenvalue weighted by Gasteiger charge is -2.32. The van der Waals surface area contributed by atoms with E-state index in [0.717, 1.165) is 56.0 Å². The Kier molecular flexibility index (Phi) is 5.65. The molecule has 1 atom stereocenters. The third-order valence-electron chi connectivity index (χ3n) is 7.68. The number of hydrogen-bond donors (Lipinski definition) is 2. The average Bonchev–Trinajstić information content (AvgIpc) is 3.65. The summed E-state index contributed by atoms with van der Waals surface area (Å²) in [6.45, 7) is 3.39. The number of carbonyl (C=O) groups excluding carboxylic acids is 1. The Morgan fingerprint density at radius 1 is 1.03 bits per heavy atom. The maximum absolute atomic E-state index is 13.3. The van der Waals surface area contributed by atoms with Crippen molar-refractivity contribution >= 4 is 23.5 Å². The molecule has 0 aromatic carbocycles. The van der Waals surface area contributed by atoms with E-state index >= 15 is 0 Å². The lowest BCUT2D eigenvalue weighted by Crippen LogP contribution is -2.50. The van der Waals surface area contributed by atoms with Crippen molar-refractivity contribution in [2.45, 2.75) is 69.7 Å². The fourth-order valence-corrected chi connectivity index (χ4v) is 5.88. The van der Waals surface area contributed by atoms with Crippen LogP contribution in [0.25, 0.3) is 0 Å². The number of amides is 1. The van der Waals surface area contributed by atoms with Gasteiger partial charge in [0.05, 0.1) is 18.9 Å². The zero-order chi connectivity index (χ0) is 22.2. The second kappa shape index (κ2) is 8.93. The van der Waals surface area contributed by atoms with Crippen LogP contribution in [-0.2, 0) is 22.4 Å². The van der Waals surface area contributed by atoms with Crippen molar-refractivity contribution in [2.75, 3.05) is 43.1 Å². The summed E-state index contributed by atoms with van der Waals surface area (Å²) in [5.74, 6) is 3.12. The van der Waals surface area contributed by atoms with Crippen LogP contribution < -0.4 is 10.2 Å². The molecule has 9 nitrogen and oxygen atoms in total. The molecule has 1 saturated carbocycles. The first-order valence-electron chi connectivity index (χ1n) is 12.6. The smallest absolute Gasteiger partial charge is 0.245 e. The normalized spacial score (nSPS) is 23.3. The van der Waals surface area contributed by atoms with E-state index in [1.165, 1.54) is 36.9 Å². The quantitative estimate of drug-likeness (QED) is 0.721. The minimum Gasteiger partial charge on any atom is -0.378 e. The van der Waals surface area contributed by atoms with Crippen LogP contribution in [0.5, 0.6) is 0 Å². The molecule has 0 bridgehead atoms. The van der Waals surface area contributed by atoms with Gasteiger partial charge in [0.2, 0.25) is 11.9 Å². The van der Waals surface area contributed by atoms with Gasteiger partial charge in [-0.25, -0.2) is 4.98 Å². The number of H-pyrrole nitrogens is 1. The third kappa shape index (κ3) is 4.07. The van der Waals surface area contributed by atoms with Gasteiger partial charge in [0.25, 0.3) is 0 Å². The van der Waals surface area contributed by atoms with Crippen LogP contribution in [0.4, 0.5) is 17.6 Å². The first kappa shape index (κ1) is 20.9. The van der Waals surface area contributed by atoms with Gasteiger partial charge in [-0.05, 0) is 44.9 Å². The van der Waals surface area contributed by atoms with E-state index in [1.54, 1.807) is 0 Å². The molecule has 3 fully saturated rings. The van der Waals surface area contributed by atoms with Crippen molar-refractivity contribution in [3.8, 4) is 0 Å². The molecule has 4 aliphatic rings. The number of aromatic nitrogens is 4. The van der Waals surface area contributed by atoms with Gasteiger partial charge in [-0.1, -0.05) is 12.8 Å². The van der Waals surface area contributed by atoms with E-state index in [1.807, 2.05) is 4.90 Å². The highest BCUT2D eigenvalue weighted by molar-refractivity contribution is 5.85.